The lowest BCUT2D eigenvalue weighted by molar-refractivity contribution is -0.119. The van der Waals surface area contributed by atoms with Crippen LogP contribution in [0.5, 0.6) is 0 Å². The molecule has 0 atom stereocenters. The van der Waals surface area contributed by atoms with Crippen LogP contribution in [0.2, 0.25) is 0 Å². The van der Waals surface area contributed by atoms with E-state index in [9.17, 15) is 9.59 Å². The number of rotatable bonds is 5. The van der Waals surface area contributed by atoms with E-state index >= 15 is 0 Å². The number of carbonyl (C=O) groups excluding carboxylic acids is 2. The number of para-hydroxylation sites is 1. The fourth-order valence-electron chi connectivity index (χ4n) is 2.88. The number of nitrogens with one attached hydrogen (secondary N) is 3. The van der Waals surface area contributed by atoms with Gasteiger partial charge in [-0.3, -0.25) is 4.79 Å². The quantitative estimate of drug-likeness (QED) is 0.726. The van der Waals surface area contributed by atoms with Gasteiger partial charge in [-0.1, -0.05) is 24.1 Å². The van der Waals surface area contributed by atoms with E-state index in [0.29, 0.717) is 5.69 Å². The van der Waals surface area contributed by atoms with Gasteiger partial charge in [-0.15, -0.1) is 6.42 Å². The Morgan fingerprint density at radius 3 is 2.62 bits per heavy atom. The van der Waals surface area contributed by atoms with Crippen molar-refractivity contribution in [2.45, 2.75) is 6.42 Å². The zero-order valence-corrected chi connectivity index (χ0v) is 14.3. The zero-order chi connectivity index (χ0) is 18.4. The van der Waals surface area contributed by atoms with Crippen LogP contribution in [0.1, 0.15) is 5.56 Å². The van der Waals surface area contributed by atoms with Crippen molar-refractivity contribution in [3.8, 4) is 12.3 Å². The molecule has 1 aliphatic rings. The van der Waals surface area contributed by atoms with Gasteiger partial charge in [0.25, 0.3) is 0 Å². The van der Waals surface area contributed by atoms with Crippen molar-refractivity contribution in [1.29, 1.82) is 0 Å². The first-order valence-electron chi connectivity index (χ1n) is 8.38. The van der Waals surface area contributed by atoms with E-state index in [1.807, 2.05) is 30.3 Å². The third-order valence-electron chi connectivity index (χ3n) is 4.12. The highest BCUT2D eigenvalue weighted by Crippen LogP contribution is 2.34. The van der Waals surface area contributed by atoms with Crippen LogP contribution in [0.3, 0.4) is 0 Å². The Bertz CT molecular complexity index is 840. The van der Waals surface area contributed by atoms with E-state index in [1.54, 1.807) is 0 Å². The summed E-state index contributed by atoms with van der Waals surface area (Å²) in [6.07, 6.45) is 6.08. The van der Waals surface area contributed by atoms with Gasteiger partial charge in [0.1, 0.15) is 0 Å². The molecule has 2 aromatic carbocycles. The number of anilines is 3. The molecule has 1 heterocycles. The summed E-state index contributed by atoms with van der Waals surface area (Å²) < 4.78 is 0. The number of carbonyl (C=O) groups is 2. The van der Waals surface area contributed by atoms with Crippen LogP contribution in [0.15, 0.2) is 48.5 Å². The van der Waals surface area contributed by atoms with Crippen LogP contribution in [-0.2, 0) is 11.2 Å². The third kappa shape index (κ3) is 4.14. The maximum absolute atomic E-state index is 11.8. The second-order valence-corrected chi connectivity index (χ2v) is 5.87. The van der Waals surface area contributed by atoms with Gasteiger partial charge in [0.2, 0.25) is 5.91 Å². The van der Waals surface area contributed by atoms with Gasteiger partial charge < -0.3 is 20.9 Å². The molecule has 0 radical (unpaired) electrons. The van der Waals surface area contributed by atoms with Gasteiger partial charge in [0, 0.05) is 23.6 Å². The molecule has 1 aliphatic heterocycles. The molecule has 3 rings (SSSR count). The lowest BCUT2D eigenvalue weighted by Crippen LogP contribution is -2.39. The molecule has 0 bridgehead atoms. The molecule has 0 fully saturated rings. The molecule has 3 N–H and O–H groups in total. The van der Waals surface area contributed by atoms with E-state index in [2.05, 4.69) is 45.0 Å². The molecular formula is C20H20N4O2. The van der Waals surface area contributed by atoms with Crippen LogP contribution in [0.25, 0.3) is 0 Å². The summed E-state index contributed by atoms with van der Waals surface area (Å²) >= 11 is 0. The molecule has 0 aromatic heterocycles. The molecule has 0 unspecified atom stereocenters. The van der Waals surface area contributed by atoms with Gasteiger partial charge in [0.05, 0.1) is 13.1 Å². The Kier molecular flexibility index (Phi) is 5.40. The molecule has 132 valence electrons. The van der Waals surface area contributed by atoms with Gasteiger partial charge in [-0.25, -0.2) is 4.79 Å². The molecule has 6 nitrogen and oxygen atoms in total. The molecule has 6 heteroatoms. The van der Waals surface area contributed by atoms with Crippen molar-refractivity contribution in [2.75, 3.05) is 29.9 Å². The SMILES string of the molecule is C#CCNC(=O)CNC(=O)Nc1ccc(N2CCc3ccccc32)cc1. The summed E-state index contributed by atoms with van der Waals surface area (Å²) in [6, 6.07) is 15.5. The fraction of sp³-hybridized carbons (Fsp3) is 0.200. The molecule has 2 aromatic rings. The number of amides is 3. The minimum absolute atomic E-state index is 0.129. The predicted octanol–water partition coefficient (Wildman–Crippen LogP) is 2.25. The molecule has 0 spiro atoms. The van der Waals surface area contributed by atoms with E-state index in [-0.39, 0.29) is 19.0 Å². The first kappa shape index (κ1) is 17.4. The van der Waals surface area contributed by atoms with Crippen LogP contribution >= 0.6 is 0 Å². The van der Waals surface area contributed by atoms with Crippen LogP contribution in [0.4, 0.5) is 21.9 Å². The average molecular weight is 348 g/mol. The summed E-state index contributed by atoms with van der Waals surface area (Å²) in [7, 11) is 0. The molecule has 3 amide bonds. The van der Waals surface area contributed by atoms with Crippen molar-refractivity contribution in [2.24, 2.45) is 0 Å². The Hall–Kier alpha value is -3.46. The normalized spacial score (nSPS) is 12.0. The monoisotopic (exact) mass is 348 g/mol. The van der Waals surface area contributed by atoms with Crippen LogP contribution < -0.4 is 20.9 Å². The third-order valence-corrected chi connectivity index (χ3v) is 4.12. The van der Waals surface area contributed by atoms with E-state index < -0.39 is 6.03 Å². The highest BCUT2D eigenvalue weighted by atomic mass is 16.2. The van der Waals surface area contributed by atoms with Crippen LogP contribution in [0, 0.1) is 12.3 Å². The van der Waals surface area contributed by atoms with Crippen molar-refractivity contribution in [1.82, 2.24) is 10.6 Å². The highest BCUT2D eigenvalue weighted by molar-refractivity contribution is 5.92. The van der Waals surface area contributed by atoms with E-state index in [0.717, 1.165) is 18.7 Å². The predicted molar refractivity (Wildman–Crippen MR) is 102 cm³/mol. The number of hydrogen-bond acceptors (Lipinski definition) is 3. The van der Waals surface area contributed by atoms with Crippen LogP contribution in [-0.4, -0.2) is 31.6 Å². The second-order valence-electron chi connectivity index (χ2n) is 5.87. The smallest absolute Gasteiger partial charge is 0.319 e. The maximum atomic E-state index is 11.8. The highest BCUT2D eigenvalue weighted by Gasteiger charge is 2.19. The van der Waals surface area contributed by atoms with Crippen molar-refractivity contribution < 1.29 is 9.59 Å². The minimum Gasteiger partial charge on any atom is -0.344 e. The van der Waals surface area contributed by atoms with Gasteiger partial charge in [-0.2, -0.15) is 0 Å². The molecule has 0 saturated heterocycles. The number of benzene rings is 2. The Labute approximate surface area is 152 Å². The largest absolute Gasteiger partial charge is 0.344 e. The lowest BCUT2D eigenvalue weighted by Gasteiger charge is -2.20. The summed E-state index contributed by atoms with van der Waals surface area (Å²) in [4.78, 5) is 25.5. The minimum atomic E-state index is -0.444. The van der Waals surface area contributed by atoms with E-state index in [1.165, 1.54) is 11.3 Å². The Morgan fingerprint density at radius 2 is 1.85 bits per heavy atom. The summed E-state index contributed by atoms with van der Waals surface area (Å²) in [5, 5.41) is 7.66. The molecule has 0 aliphatic carbocycles. The number of fused-ring (bicyclic) bond motifs is 1. The van der Waals surface area contributed by atoms with Crippen molar-refractivity contribution in [3.05, 3.63) is 54.1 Å². The van der Waals surface area contributed by atoms with E-state index in [4.69, 9.17) is 6.42 Å². The van der Waals surface area contributed by atoms with Gasteiger partial charge in [-0.05, 0) is 42.3 Å². The van der Waals surface area contributed by atoms with Gasteiger partial charge in [0.15, 0.2) is 0 Å². The molecule has 26 heavy (non-hydrogen) atoms. The topological polar surface area (TPSA) is 73.5 Å². The Balaban J connectivity index is 1.55. The average Bonchev–Trinajstić information content (AvgIpc) is 3.09. The molecule has 0 saturated carbocycles. The number of terminal acetylenes is 1. The number of nitrogens with zero attached hydrogens (tertiary/aromatic N) is 1. The number of urea groups is 1. The number of hydrogen-bond donors (Lipinski definition) is 3. The van der Waals surface area contributed by atoms with Gasteiger partial charge >= 0.3 is 6.03 Å². The molecular weight excluding hydrogens is 328 g/mol. The summed E-state index contributed by atoms with van der Waals surface area (Å²) in [6.45, 7) is 0.957. The lowest BCUT2D eigenvalue weighted by atomic mass is 10.2. The zero-order valence-electron chi connectivity index (χ0n) is 14.3. The standard InChI is InChI=1S/C20H20N4O2/c1-2-12-21-19(25)14-22-20(26)23-16-7-9-17(10-8-16)24-13-11-15-5-3-4-6-18(15)24/h1,3-10H,11-14H2,(H,21,25)(H2,22,23,26). The summed E-state index contributed by atoms with van der Waals surface area (Å²) in [5.41, 5.74) is 4.30. The Morgan fingerprint density at radius 1 is 1.08 bits per heavy atom. The fourth-order valence-corrected chi connectivity index (χ4v) is 2.88. The van der Waals surface area contributed by atoms with Crippen molar-refractivity contribution >= 4 is 29.0 Å². The second kappa shape index (κ2) is 8.08. The summed E-state index contributed by atoms with van der Waals surface area (Å²) in [5.74, 6) is 1.96. The first-order valence-corrected chi connectivity index (χ1v) is 8.38. The van der Waals surface area contributed by atoms with Crippen molar-refractivity contribution in [3.63, 3.8) is 0 Å². The maximum Gasteiger partial charge on any atom is 0.319 e. The first-order chi connectivity index (χ1) is 12.7.